The van der Waals surface area contributed by atoms with E-state index in [0.717, 1.165) is 0 Å². The molecule has 0 amide bonds. The molecule has 0 radical (unpaired) electrons. The molecule has 3 aromatic rings. The second-order valence-corrected chi connectivity index (χ2v) is 4.97. The molecule has 0 fully saturated rings. The number of methoxy groups -OCH3 is 1. The Morgan fingerprint density at radius 1 is 1.30 bits per heavy atom. The van der Waals surface area contributed by atoms with Crippen LogP contribution in [-0.2, 0) is 0 Å². The van der Waals surface area contributed by atoms with Crippen LogP contribution in [0, 0.1) is 5.82 Å². The van der Waals surface area contributed by atoms with E-state index in [0.29, 0.717) is 22.9 Å². The lowest BCUT2D eigenvalue weighted by atomic mass is 10.1. The highest BCUT2D eigenvalue weighted by molar-refractivity contribution is 5.43. The summed E-state index contributed by atoms with van der Waals surface area (Å²) in [5.74, 6) is 1.46. The lowest BCUT2D eigenvalue weighted by Gasteiger charge is -2.18. The van der Waals surface area contributed by atoms with Crippen molar-refractivity contribution in [3.05, 3.63) is 60.4 Å². The molecule has 0 aliphatic carbocycles. The molecule has 1 atom stereocenters. The van der Waals surface area contributed by atoms with Crippen molar-refractivity contribution in [3.63, 3.8) is 0 Å². The van der Waals surface area contributed by atoms with E-state index in [-0.39, 0.29) is 11.9 Å². The Labute approximate surface area is 133 Å². The number of aromatic nitrogens is 4. The van der Waals surface area contributed by atoms with Crippen molar-refractivity contribution in [1.82, 2.24) is 19.7 Å². The molecule has 6 nitrogen and oxygen atoms in total. The number of halogens is 1. The van der Waals surface area contributed by atoms with Crippen LogP contribution in [0.15, 0.2) is 49.1 Å². The molecule has 0 saturated carbocycles. The third kappa shape index (κ3) is 3.28. The second-order valence-electron chi connectivity index (χ2n) is 4.97. The maximum atomic E-state index is 13.5. The van der Waals surface area contributed by atoms with Crippen LogP contribution in [0.1, 0.15) is 18.5 Å². The number of hydrogen-bond acceptors (Lipinski definition) is 5. The number of nitrogens with one attached hydrogen (secondary N) is 1. The normalized spacial score (nSPS) is 12.0. The molecule has 1 aromatic carbocycles. The van der Waals surface area contributed by atoms with Gasteiger partial charge in [-0.05, 0) is 31.2 Å². The van der Waals surface area contributed by atoms with E-state index in [1.165, 1.54) is 12.1 Å². The van der Waals surface area contributed by atoms with Gasteiger partial charge in [-0.3, -0.25) is 4.98 Å². The maximum absolute atomic E-state index is 13.5. The molecule has 7 heteroatoms. The number of nitrogens with zero attached hydrogens (tertiary/aromatic N) is 4. The predicted molar refractivity (Wildman–Crippen MR) is 84.1 cm³/mol. The van der Waals surface area contributed by atoms with Gasteiger partial charge in [0.05, 0.1) is 25.5 Å². The van der Waals surface area contributed by atoms with Crippen LogP contribution >= 0.6 is 0 Å². The summed E-state index contributed by atoms with van der Waals surface area (Å²) in [6, 6.07) is 6.02. The lowest BCUT2D eigenvalue weighted by Crippen LogP contribution is -2.11. The number of benzene rings is 1. The number of anilines is 1. The van der Waals surface area contributed by atoms with Crippen LogP contribution in [0.25, 0.3) is 5.82 Å². The molecule has 2 aromatic heterocycles. The van der Waals surface area contributed by atoms with Gasteiger partial charge in [0.15, 0.2) is 5.82 Å². The fourth-order valence-electron chi connectivity index (χ4n) is 2.28. The van der Waals surface area contributed by atoms with Gasteiger partial charge in [-0.1, -0.05) is 0 Å². The molecule has 0 unspecified atom stereocenters. The Kier molecular flexibility index (Phi) is 4.18. The monoisotopic (exact) mass is 313 g/mol. The maximum Gasteiger partial charge on any atom is 0.173 e. The predicted octanol–water partition coefficient (Wildman–Crippen LogP) is 2.98. The fourth-order valence-corrected chi connectivity index (χ4v) is 2.28. The highest BCUT2D eigenvalue weighted by Gasteiger charge is 2.13. The summed E-state index contributed by atoms with van der Waals surface area (Å²) in [6.45, 7) is 1.90. The molecular weight excluding hydrogens is 297 g/mol. The number of hydrogen-bond donors (Lipinski definition) is 1. The smallest absolute Gasteiger partial charge is 0.173 e. The molecular formula is C16H16FN5O. The van der Waals surface area contributed by atoms with Crippen LogP contribution in [0.5, 0.6) is 5.75 Å². The summed E-state index contributed by atoms with van der Waals surface area (Å²) in [7, 11) is 1.56. The SMILES string of the molecule is COc1ccc(F)cc1[C@H](C)Nc1cncc(-n2cccn2)n1. The zero-order chi connectivity index (χ0) is 16.2. The van der Waals surface area contributed by atoms with Crippen molar-refractivity contribution in [3.8, 4) is 11.6 Å². The molecule has 2 heterocycles. The van der Waals surface area contributed by atoms with E-state index in [1.807, 2.05) is 13.0 Å². The highest BCUT2D eigenvalue weighted by atomic mass is 19.1. The van der Waals surface area contributed by atoms with Gasteiger partial charge in [-0.25, -0.2) is 14.1 Å². The summed E-state index contributed by atoms with van der Waals surface area (Å²) in [5, 5.41) is 7.32. The zero-order valence-corrected chi connectivity index (χ0v) is 12.8. The van der Waals surface area contributed by atoms with Crippen molar-refractivity contribution in [1.29, 1.82) is 0 Å². The van der Waals surface area contributed by atoms with Gasteiger partial charge in [-0.2, -0.15) is 5.10 Å². The molecule has 0 spiro atoms. The molecule has 0 aliphatic rings. The first kappa shape index (κ1) is 15.0. The average Bonchev–Trinajstić information content (AvgIpc) is 3.09. The molecule has 3 rings (SSSR count). The largest absolute Gasteiger partial charge is 0.496 e. The first-order valence-electron chi connectivity index (χ1n) is 7.09. The van der Waals surface area contributed by atoms with E-state index >= 15 is 0 Å². The van der Waals surface area contributed by atoms with Gasteiger partial charge in [0.25, 0.3) is 0 Å². The van der Waals surface area contributed by atoms with Crippen LogP contribution < -0.4 is 10.1 Å². The van der Waals surface area contributed by atoms with E-state index in [9.17, 15) is 4.39 Å². The van der Waals surface area contributed by atoms with Crippen molar-refractivity contribution in [2.75, 3.05) is 12.4 Å². The minimum atomic E-state index is -0.314. The van der Waals surface area contributed by atoms with Crippen molar-refractivity contribution < 1.29 is 9.13 Å². The standard InChI is InChI=1S/C16H16FN5O/c1-11(13-8-12(17)4-5-14(13)23-2)20-15-9-18-10-16(21-15)22-7-3-6-19-22/h3-11H,1-2H3,(H,20,21)/t11-/m0/s1. The van der Waals surface area contributed by atoms with Crippen molar-refractivity contribution in [2.45, 2.75) is 13.0 Å². The topological polar surface area (TPSA) is 64.9 Å². The molecule has 1 N–H and O–H groups in total. The van der Waals surface area contributed by atoms with E-state index in [1.54, 1.807) is 42.6 Å². The summed E-state index contributed by atoms with van der Waals surface area (Å²) in [5.41, 5.74) is 0.707. The van der Waals surface area contributed by atoms with Crippen LogP contribution in [-0.4, -0.2) is 26.9 Å². The Balaban J connectivity index is 1.85. The fraction of sp³-hybridized carbons (Fsp3) is 0.188. The van der Waals surface area contributed by atoms with Gasteiger partial charge in [0.1, 0.15) is 17.4 Å². The number of ether oxygens (including phenoxy) is 1. The Hall–Kier alpha value is -2.96. The van der Waals surface area contributed by atoms with Crippen molar-refractivity contribution >= 4 is 5.82 Å². The van der Waals surface area contributed by atoms with E-state index < -0.39 is 0 Å². The zero-order valence-electron chi connectivity index (χ0n) is 12.8. The van der Waals surface area contributed by atoms with Gasteiger partial charge >= 0.3 is 0 Å². The minimum absolute atomic E-state index is 0.206. The molecule has 0 saturated heterocycles. The Bertz CT molecular complexity index is 791. The quantitative estimate of drug-likeness (QED) is 0.784. The van der Waals surface area contributed by atoms with Gasteiger partial charge in [0, 0.05) is 18.0 Å². The number of rotatable bonds is 5. The summed E-state index contributed by atoms with van der Waals surface area (Å²) in [6.07, 6.45) is 6.68. The van der Waals surface area contributed by atoms with Crippen molar-refractivity contribution in [2.24, 2.45) is 0 Å². The average molecular weight is 313 g/mol. The molecule has 0 aliphatic heterocycles. The minimum Gasteiger partial charge on any atom is -0.496 e. The van der Waals surface area contributed by atoms with Gasteiger partial charge < -0.3 is 10.1 Å². The second kappa shape index (κ2) is 6.43. The molecule has 118 valence electrons. The molecule has 0 bridgehead atoms. The van der Waals surface area contributed by atoms with Gasteiger partial charge in [0.2, 0.25) is 0 Å². The third-order valence-corrected chi connectivity index (χ3v) is 3.38. The van der Waals surface area contributed by atoms with Gasteiger partial charge in [-0.15, -0.1) is 0 Å². The van der Waals surface area contributed by atoms with Crippen LogP contribution in [0.3, 0.4) is 0 Å². The van der Waals surface area contributed by atoms with Crippen LogP contribution in [0.4, 0.5) is 10.2 Å². The van der Waals surface area contributed by atoms with Crippen LogP contribution in [0.2, 0.25) is 0 Å². The molecule has 23 heavy (non-hydrogen) atoms. The summed E-state index contributed by atoms with van der Waals surface area (Å²) >= 11 is 0. The Morgan fingerprint density at radius 2 is 2.17 bits per heavy atom. The third-order valence-electron chi connectivity index (χ3n) is 3.38. The first-order valence-corrected chi connectivity index (χ1v) is 7.09. The summed E-state index contributed by atoms with van der Waals surface area (Å²) in [4.78, 5) is 8.61. The lowest BCUT2D eigenvalue weighted by molar-refractivity contribution is 0.406. The first-order chi connectivity index (χ1) is 11.2. The van der Waals surface area contributed by atoms with E-state index in [2.05, 4.69) is 20.4 Å². The Morgan fingerprint density at radius 3 is 2.91 bits per heavy atom. The van der Waals surface area contributed by atoms with E-state index in [4.69, 9.17) is 4.74 Å². The summed E-state index contributed by atoms with van der Waals surface area (Å²) < 4.78 is 20.4. The highest BCUT2D eigenvalue weighted by Crippen LogP contribution is 2.28.